The van der Waals surface area contributed by atoms with Crippen LogP contribution in [0.5, 0.6) is 0 Å². The van der Waals surface area contributed by atoms with Gasteiger partial charge in [-0.15, -0.1) is 0 Å². The van der Waals surface area contributed by atoms with E-state index in [2.05, 4.69) is 10.3 Å². The summed E-state index contributed by atoms with van der Waals surface area (Å²) in [5, 5.41) is 2.99. The molecule has 1 heterocycles. The summed E-state index contributed by atoms with van der Waals surface area (Å²) in [6, 6.07) is 16.2. The van der Waals surface area contributed by atoms with Crippen LogP contribution in [-0.2, 0) is 27.4 Å². The number of benzene rings is 2. The second kappa shape index (κ2) is 12.2. The lowest BCUT2D eigenvalue weighted by molar-refractivity contribution is -0.143. The quantitative estimate of drug-likeness (QED) is 0.430. The lowest BCUT2D eigenvalue weighted by Crippen LogP contribution is -2.34. The first-order valence-corrected chi connectivity index (χ1v) is 11.0. The SMILES string of the molecule is CCOC(Cn1c(-c2cccc(Cl)c2)ncc(NC(=O)OCc2ccccc2)c1=O)OCC. The minimum Gasteiger partial charge on any atom is -0.444 e. The highest BCUT2D eigenvalue weighted by atomic mass is 35.5. The molecule has 0 atom stereocenters. The largest absolute Gasteiger partial charge is 0.444 e. The molecule has 0 aliphatic rings. The third-order valence-corrected chi connectivity index (χ3v) is 4.85. The maximum Gasteiger partial charge on any atom is 0.412 e. The van der Waals surface area contributed by atoms with Gasteiger partial charge in [-0.25, -0.2) is 9.78 Å². The highest BCUT2D eigenvalue weighted by Gasteiger charge is 2.19. The molecule has 0 unspecified atom stereocenters. The Morgan fingerprint density at radius 2 is 1.82 bits per heavy atom. The van der Waals surface area contributed by atoms with Crippen LogP contribution < -0.4 is 10.9 Å². The Morgan fingerprint density at radius 3 is 2.48 bits per heavy atom. The van der Waals surface area contributed by atoms with Gasteiger partial charge in [-0.05, 0) is 31.5 Å². The van der Waals surface area contributed by atoms with Gasteiger partial charge in [0.15, 0.2) is 6.29 Å². The number of nitrogens with zero attached hydrogens (tertiary/aromatic N) is 2. The minimum atomic E-state index is -0.758. The van der Waals surface area contributed by atoms with Crippen LogP contribution >= 0.6 is 11.6 Å². The zero-order valence-electron chi connectivity index (χ0n) is 18.5. The number of hydrogen-bond acceptors (Lipinski definition) is 6. The minimum absolute atomic E-state index is 0.0226. The molecule has 0 spiro atoms. The van der Waals surface area contributed by atoms with Crippen LogP contribution in [0.4, 0.5) is 10.5 Å². The van der Waals surface area contributed by atoms with Crippen molar-refractivity contribution in [3.8, 4) is 11.4 Å². The maximum absolute atomic E-state index is 13.3. The van der Waals surface area contributed by atoms with E-state index in [4.69, 9.17) is 25.8 Å². The topological polar surface area (TPSA) is 91.7 Å². The fourth-order valence-corrected chi connectivity index (χ4v) is 3.34. The average molecular weight is 472 g/mol. The van der Waals surface area contributed by atoms with Crippen LogP contribution in [0.3, 0.4) is 0 Å². The first kappa shape index (κ1) is 24.4. The molecule has 0 bridgehead atoms. The molecule has 0 saturated carbocycles. The van der Waals surface area contributed by atoms with Gasteiger partial charge in [0.05, 0.1) is 12.7 Å². The number of ether oxygens (including phenoxy) is 3. The van der Waals surface area contributed by atoms with Gasteiger partial charge < -0.3 is 14.2 Å². The zero-order valence-corrected chi connectivity index (χ0v) is 19.2. The molecule has 3 rings (SSSR count). The Labute approximate surface area is 197 Å². The summed E-state index contributed by atoms with van der Waals surface area (Å²) < 4.78 is 17.9. The highest BCUT2D eigenvalue weighted by Crippen LogP contribution is 2.21. The van der Waals surface area contributed by atoms with Crippen molar-refractivity contribution >= 4 is 23.4 Å². The third kappa shape index (κ3) is 6.89. The van der Waals surface area contributed by atoms with Gasteiger partial charge in [-0.1, -0.05) is 54.1 Å². The maximum atomic E-state index is 13.3. The Kier molecular flexibility index (Phi) is 9.00. The van der Waals surface area contributed by atoms with Gasteiger partial charge in [0.2, 0.25) is 0 Å². The number of anilines is 1. The molecule has 9 heteroatoms. The van der Waals surface area contributed by atoms with Crippen LogP contribution in [0.25, 0.3) is 11.4 Å². The van der Waals surface area contributed by atoms with E-state index < -0.39 is 17.9 Å². The summed E-state index contributed by atoms with van der Waals surface area (Å²) in [5.74, 6) is 0.370. The molecule has 2 aromatic carbocycles. The van der Waals surface area contributed by atoms with Gasteiger partial charge in [0.25, 0.3) is 5.56 Å². The fourth-order valence-electron chi connectivity index (χ4n) is 3.15. The second-order valence-corrected chi connectivity index (χ2v) is 7.38. The van der Waals surface area contributed by atoms with E-state index in [1.54, 1.807) is 24.3 Å². The molecule has 1 amide bonds. The van der Waals surface area contributed by atoms with E-state index in [0.717, 1.165) is 5.56 Å². The van der Waals surface area contributed by atoms with Crippen molar-refractivity contribution in [2.24, 2.45) is 0 Å². The van der Waals surface area contributed by atoms with Gasteiger partial charge in [0, 0.05) is 23.8 Å². The van der Waals surface area contributed by atoms with Crippen LogP contribution in [-0.4, -0.2) is 35.1 Å². The van der Waals surface area contributed by atoms with E-state index >= 15 is 0 Å². The predicted molar refractivity (Wildman–Crippen MR) is 126 cm³/mol. The second-order valence-electron chi connectivity index (χ2n) is 6.95. The predicted octanol–water partition coefficient (Wildman–Crippen LogP) is 4.71. The number of rotatable bonds is 10. The van der Waals surface area contributed by atoms with Crippen LogP contribution in [0.1, 0.15) is 19.4 Å². The molecule has 0 aliphatic heterocycles. The molecule has 8 nitrogen and oxygen atoms in total. The van der Waals surface area contributed by atoms with Crippen molar-refractivity contribution in [1.82, 2.24) is 9.55 Å². The molecule has 0 saturated heterocycles. The van der Waals surface area contributed by atoms with E-state index in [9.17, 15) is 9.59 Å². The average Bonchev–Trinajstić information content (AvgIpc) is 2.81. The van der Waals surface area contributed by atoms with Crippen molar-refractivity contribution in [1.29, 1.82) is 0 Å². The van der Waals surface area contributed by atoms with Gasteiger partial charge in [-0.2, -0.15) is 0 Å². The Bertz CT molecular complexity index is 1110. The standard InChI is InChI=1S/C24H26ClN3O5/c1-3-31-21(32-4-2)15-28-22(18-11-8-12-19(25)13-18)26-14-20(23(28)29)27-24(30)33-16-17-9-6-5-7-10-17/h5-14,21H,3-4,15-16H2,1-2H3,(H,27,30). The Morgan fingerprint density at radius 1 is 1.09 bits per heavy atom. The van der Waals surface area contributed by atoms with Gasteiger partial charge in [0.1, 0.15) is 18.1 Å². The molecule has 0 fully saturated rings. The fraction of sp³-hybridized carbons (Fsp3) is 0.292. The number of amides is 1. The van der Waals surface area contributed by atoms with Crippen LogP contribution in [0, 0.1) is 0 Å². The lowest BCUT2D eigenvalue weighted by Gasteiger charge is -2.21. The van der Waals surface area contributed by atoms with E-state index in [0.29, 0.717) is 29.6 Å². The molecular weight excluding hydrogens is 446 g/mol. The summed E-state index contributed by atoms with van der Waals surface area (Å²) in [6.07, 6.45) is -0.126. The highest BCUT2D eigenvalue weighted by molar-refractivity contribution is 6.30. The molecule has 1 aromatic heterocycles. The van der Waals surface area contributed by atoms with E-state index in [-0.39, 0.29) is 18.8 Å². The first-order chi connectivity index (χ1) is 16.0. The molecule has 33 heavy (non-hydrogen) atoms. The molecule has 3 aromatic rings. The van der Waals surface area contributed by atoms with Gasteiger partial charge >= 0.3 is 6.09 Å². The zero-order chi connectivity index (χ0) is 23.6. The number of nitrogens with one attached hydrogen (secondary N) is 1. The van der Waals surface area contributed by atoms with Gasteiger partial charge in [-0.3, -0.25) is 14.7 Å². The van der Waals surface area contributed by atoms with Crippen molar-refractivity contribution in [3.05, 3.63) is 81.7 Å². The smallest absolute Gasteiger partial charge is 0.412 e. The first-order valence-electron chi connectivity index (χ1n) is 10.6. The van der Waals surface area contributed by atoms with Crippen LogP contribution in [0.15, 0.2) is 65.6 Å². The number of hydrogen-bond donors (Lipinski definition) is 1. The van der Waals surface area contributed by atoms with Crippen molar-refractivity contribution in [3.63, 3.8) is 0 Å². The molecule has 1 N–H and O–H groups in total. The molecule has 0 aliphatic carbocycles. The summed E-state index contributed by atoms with van der Waals surface area (Å²) in [4.78, 5) is 30.0. The molecule has 174 valence electrons. The lowest BCUT2D eigenvalue weighted by atomic mass is 10.2. The van der Waals surface area contributed by atoms with Crippen LogP contribution in [0.2, 0.25) is 5.02 Å². The number of aromatic nitrogens is 2. The van der Waals surface area contributed by atoms with Crippen molar-refractivity contribution in [2.45, 2.75) is 33.3 Å². The summed E-state index contributed by atoms with van der Waals surface area (Å²) in [7, 11) is 0. The third-order valence-electron chi connectivity index (χ3n) is 4.62. The summed E-state index contributed by atoms with van der Waals surface area (Å²) in [6.45, 7) is 4.64. The molecule has 0 radical (unpaired) electrons. The number of carbonyl (C=O) groups is 1. The Hall–Kier alpha value is -3.20. The number of carbonyl (C=O) groups excluding carboxylic acids is 1. The van der Waals surface area contributed by atoms with E-state index in [1.165, 1.54) is 10.8 Å². The van der Waals surface area contributed by atoms with Crippen molar-refractivity contribution in [2.75, 3.05) is 18.5 Å². The molecular formula is C24H26ClN3O5. The van der Waals surface area contributed by atoms with Crippen molar-refractivity contribution < 1.29 is 19.0 Å². The Balaban J connectivity index is 1.88. The normalized spacial score (nSPS) is 10.9. The van der Waals surface area contributed by atoms with E-state index in [1.807, 2.05) is 44.2 Å². The summed E-state index contributed by atoms with van der Waals surface area (Å²) in [5.41, 5.74) is 0.979. The number of halogens is 1. The summed E-state index contributed by atoms with van der Waals surface area (Å²) >= 11 is 6.14. The monoisotopic (exact) mass is 471 g/mol.